The standard InChI is InChI=1S/C16H18FN3O2/c17-14-3-1-2-4-15(14)20-10-13(9-18-20)16(22)19-7-5-12(11-21)6-8-19/h1-4,9-10,12,21H,5-8,11H2. The van der Waals surface area contributed by atoms with E-state index in [0.29, 0.717) is 24.3 Å². The molecule has 1 saturated heterocycles. The summed E-state index contributed by atoms with van der Waals surface area (Å²) in [5, 5.41) is 13.2. The predicted octanol–water partition coefficient (Wildman–Crippen LogP) is 1.86. The summed E-state index contributed by atoms with van der Waals surface area (Å²) in [5.74, 6) is -0.197. The predicted molar refractivity (Wildman–Crippen MR) is 79.2 cm³/mol. The van der Waals surface area contributed by atoms with E-state index in [2.05, 4.69) is 5.10 Å². The molecule has 6 heteroatoms. The second-order valence-electron chi connectivity index (χ2n) is 5.54. The van der Waals surface area contributed by atoms with Gasteiger partial charge in [0.2, 0.25) is 0 Å². The Morgan fingerprint density at radius 1 is 1.32 bits per heavy atom. The number of para-hydroxylation sites is 1. The van der Waals surface area contributed by atoms with Crippen molar-refractivity contribution in [3.05, 3.63) is 48.0 Å². The minimum absolute atomic E-state index is 0.0982. The maximum atomic E-state index is 13.7. The van der Waals surface area contributed by atoms with Gasteiger partial charge in [-0.1, -0.05) is 12.1 Å². The third-order valence-corrected chi connectivity index (χ3v) is 4.09. The molecule has 1 aromatic heterocycles. The van der Waals surface area contributed by atoms with E-state index in [1.807, 2.05) is 0 Å². The molecule has 0 saturated carbocycles. The number of carbonyl (C=O) groups excluding carboxylic acids is 1. The summed E-state index contributed by atoms with van der Waals surface area (Å²) in [6, 6.07) is 6.31. The molecule has 1 amide bonds. The lowest BCUT2D eigenvalue weighted by Crippen LogP contribution is -2.39. The molecular formula is C16H18FN3O2. The van der Waals surface area contributed by atoms with Gasteiger partial charge >= 0.3 is 0 Å². The van der Waals surface area contributed by atoms with Gasteiger partial charge in [0.1, 0.15) is 11.5 Å². The smallest absolute Gasteiger partial charge is 0.257 e. The van der Waals surface area contributed by atoms with Crippen LogP contribution in [0.15, 0.2) is 36.7 Å². The fourth-order valence-electron chi connectivity index (χ4n) is 2.70. The van der Waals surface area contributed by atoms with Crippen LogP contribution < -0.4 is 0 Å². The normalized spacial score (nSPS) is 16.0. The van der Waals surface area contributed by atoms with Crippen LogP contribution in [0.3, 0.4) is 0 Å². The number of carbonyl (C=O) groups is 1. The second-order valence-corrected chi connectivity index (χ2v) is 5.54. The molecule has 2 heterocycles. The fourth-order valence-corrected chi connectivity index (χ4v) is 2.70. The van der Waals surface area contributed by atoms with Gasteiger partial charge in [-0.15, -0.1) is 0 Å². The van der Waals surface area contributed by atoms with Gasteiger partial charge in [-0.2, -0.15) is 5.10 Å². The lowest BCUT2D eigenvalue weighted by atomic mass is 9.97. The number of benzene rings is 1. The van der Waals surface area contributed by atoms with Crippen LogP contribution in [0.2, 0.25) is 0 Å². The number of aliphatic hydroxyl groups excluding tert-OH is 1. The molecule has 1 aliphatic rings. The monoisotopic (exact) mass is 303 g/mol. The minimum atomic E-state index is -0.381. The maximum absolute atomic E-state index is 13.7. The Hall–Kier alpha value is -2.21. The molecule has 22 heavy (non-hydrogen) atoms. The summed E-state index contributed by atoms with van der Waals surface area (Å²) >= 11 is 0. The van der Waals surface area contributed by atoms with Gasteiger partial charge in [0.15, 0.2) is 0 Å². The molecule has 0 spiro atoms. The zero-order chi connectivity index (χ0) is 15.5. The van der Waals surface area contributed by atoms with Crippen LogP contribution in [0.5, 0.6) is 0 Å². The maximum Gasteiger partial charge on any atom is 0.257 e. The van der Waals surface area contributed by atoms with Gasteiger partial charge in [-0.25, -0.2) is 9.07 Å². The molecule has 0 bridgehead atoms. The number of piperidine rings is 1. The molecule has 1 N–H and O–H groups in total. The van der Waals surface area contributed by atoms with Gasteiger partial charge in [-0.3, -0.25) is 4.79 Å². The molecule has 0 unspecified atom stereocenters. The zero-order valence-electron chi connectivity index (χ0n) is 12.2. The average molecular weight is 303 g/mol. The Bertz CT molecular complexity index is 663. The highest BCUT2D eigenvalue weighted by Crippen LogP contribution is 2.19. The average Bonchev–Trinajstić information content (AvgIpc) is 3.04. The number of rotatable bonds is 3. The highest BCUT2D eigenvalue weighted by molar-refractivity contribution is 5.93. The first-order valence-electron chi connectivity index (χ1n) is 7.38. The van der Waals surface area contributed by atoms with E-state index in [4.69, 9.17) is 5.11 Å². The number of aromatic nitrogens is 2. The van der Waals surface area contributed by atoms with Crippen LogP contribution in [0.4, 0.5) is 4.39 Å². The van der Waals surface area contributed by atoms with Gasteiger partial charge < -0.3 is 10.0 Å². The minimum Gasteiger partial charge on any atom is -0.396 e. The van der Waals surface area contributed by atoms with Crippen LogP contribution in [-0.2, 0) is 0 Å². The molecule has 3 rings (SSSR count). The summed E-state index contributed by atoms with van der Waals surface area (Å²) < 4.78 is 15.1. The lowest BCUT2D eigenvalue weighted by Gasteiger charge is -2.30. The highest BCUT2D eigenvalue weighted by atomic mass is 19.1. The number of amides is 1. The quantitative estimate of drug-likeness (QED) is 0.941. The van der Waals surface area contributed by atoms with Gasteiger partial charge in [0.05, 0.1) is 11.8 Å². The largest absolute Gasteiger partial charge is 0.396 e. The SMILES string of the molecule is O=C(c1cnn(-c2ccccc2F)c1)N1CCC(CO)CC1. The molecule has 2 aromatic rings. The van der Waals surface area contributed by atoms with Crippen LogP contribution in [-0.4, -0.2) is 45.4 Å². The second kappa shape index (κ2) is 6.27. The van der Waals surface area contributed by atoms with Crippen LogP contribution >= 0.6 is 0 Å². The van der Waals surface area contributed by atoms with Gasteiger partial charge in [0, 0.05) is 25.9 Å². The Labute approximate surface area is 128 Å². The molecule has 1 fully saturated rings. The third kappa shape index (κ3) is 2.87. The Morgan fingerprint density at radius 3 is 2.73 bits per heavy atom. The van der Waals surface area contributed by atoms with Crippen molar-refractivity contribution in [2.45, 2.75) is 12.8 Å². The van der Waals surface area contributed by atoms with E-state index in [9.17, 15) is 9.18 Å². The van der Waals surface area contributed by atoms with Crippen molar-refractivity contribution >= 4 is 5.91 Å². The van der Waals surface area contributed by atoms with E-state index < -0.39 is 0 Å². The van der Waals surface area contributed by atoms with Crippen molar-refractivity contribution in [1.29, 1.82) is 0 Å². The highest BCUT2D eigenvalue weighted by Gasteiger charge is 2.24. The Morgan fingerprint density at radius 2 is 2.05 bits per heavy atom. The molecule has 0 atom stereocenters. The van der Waals surface area contributed by atoms with Crippen molar-refractivity contribution in [3.63, 3.8) is 0 Å². The van der Waals surface area contributed by atoms with Gasteiger partial charge in [0.25, 0.3) is 5.91 Å². The Kier molecular flexibility index (Phi) is 4.20. The molecule has 1 aromatic carbocycles. The molecule has 0 aliphatic carbocycles. The van der Waals surface area contributed by atoms with Crippen LogP contribution in [0.25, 0.3) is 5.69 Å². The zero-order valence-corrected chi connectivity index (χ0v) is 12.2. The van der Waals surface area contributed by atoms with Crippen molar-refractivity contribution in [1.82, 2.24) is 14.7 Å². The van der Waals surface area contributed by atoms with E-state index in [0.717, 1.165) is 12.8 Å². The topological polar surface area (TPSA) is 58.4 Å². The van der Waals surface area contributed by atoms with Crippen molar-refractivity contribution in [3.8, 4) is 5.69 Å². The summed E-state index contributed by atoms with van der Waals surface area (Å²) in [4.78, 5) is 14.2. The first-order chi connectivity index (χ1) is 10.7. The van der Waals surface area contributed by atoms with E-state index in [1.165, 1.54) is 16.9 Å². The summed E-state index contributed by atoms with van der Waals surface area (Å²) in [6.07, 6.45) is 4.64. The van der Waals surface area contributed by atoms with Crippen molar-refractivity contribution in [2.24, 2.45) is 5.92 Å². The van der Waals surface area contributed by atoms with Crippen LogP contribution in [0.1, 0.15) is 23.2 Å². The van der Waals surface area contributed by atoms with E-state index in [-0.39, 0.29) is 24.2 Å². The Balaban J connectivity index is 1.74. The number of hydrogen-bond donors (Lipinski definition) is 1. The van der Waals surface area contributed by atoms with Gasteiger partial charge in [-0.05, 0) is 30.9 Å². The molecule has 1 aliphatic heterocycles. The third-order valence-electron chi connectivity index (χ3n) is 4.09. The van der Waals surface area contributed by atoms with E-state index in [1.54, 1.807) is 29.3 Å². The van der Waals surface area contributed by atoms with E-state index >= 15 is 0 Å². The number of hydrogen-bond acceptors (Lipinski definition) is 3. The molecule has 5 nitrogen and oxygen atoms in total. The van der Waals surface area contributed by atoms with Crippen molar-refractivity contribution < 1.29 is 14.3 Å². The van der Waals surface area contributed by atoms with Crippen molar-refractivity contribution in [2.75, 3.05) is 19.7 Å². The number of nitrogens with zero attached hydrogens (tertiary/aromatic N) is 3. The molecule has 0 radical (unpaired) electrons. The van der Waals surface area contributed by atoms with Crippen LogP contribution in [0, 0.1) is 11.7 Å². The first-order valence-corrected chi connectivity index (χ1v) is 7.38. The first kappa shape index (κ1) is 14.7. The molecular weight excluding hydrogens is 285 g/mol. The molecule has 116 valence electrons. The summed E-state index contributed by atoms with van der Waals surface area (Å²) in [7, 11) is 0. The summed E-state index contributed by atoms with van der Waals surface area (Å²) in [5.41, 5.74) is 0.770. The number of aliphatic hydroxyl groups is 1. The summed E-state index contributed by atoms with van der Waals surface area (Å²) in [6.45, 7) is 1.44. The number of likely N-dealkylation sites (tertiary alicyclic amines) is 1. The lowest BCUT2D eigenvalue weighted by molar-refractivity contribution is 0.0651. The fraction of sp³-hybridized carbons (Fsp3) is 0.375. The number of halogens is 1.